The van der Waals surface area contributed by atoms with Crippen molar-refractivity contribution in [1.29, 1.82) is 0 Å². The number of hydrogen-bond donors (Lipinski definition) is 5. The van der Waals surface area contributed by atoms with Gasteiger partial charge in [0.05, 0.1) is 12.2 Å². The van der Waals surface area contributed by atoms with E-state index in [2.05, 4.69) is 5.32 Å². The minimum Gasteiger partial charge on any atom is -0.412 e. The van der Waals surface area contributed by atoms with Gasteiger partial charge in [0, 0.05) is 22.6 Å². The molecule has 0 fully saturated rings. The lowest BCUT2D eigenvalue weighted by atomic mass is 9.99. The van der Waals surface area contributed by atoms with Crippen molar-refractivity contribution in [3.8, 4) is 0 Å². The van der Waals surface area contributed by atoms with Crippen molar-refractivity contribution in [2.45, 2.75) is 6.10 Å². The number of anilines is 3. The number of aliphatic hydroxyl groups excluding tert-OH is 2. The fraction of sp³-hybridized carbons (Fsp3) is 0.125. The Morgan fingerprint density at radius 3 is 2.17 bits per heavy atom. The molecule has 1 amide bonds. The standard InChI is InChI=1S/C16H17N3O4.H2O/c17-9-1-4-11(5-2-9)19-16(23)12-6-3-10(18)7-13(12)15(22)14(21)8-20;/h1-7,14,20-21H,8,17-18H2,(H,19,23);1H2. The smallest absolute Gasteiger partial charge is 0.256 e. The van der Waals surface area contributed by atoms with Crippen molar-refractivity contribution in [3.05, 3.63) is 53.6 Å². The first-order chi connectivity index (χ1) is 10.9. The highest BCUT2D eigenvalue weighted by molar-refractivity contribution is 6.14. The molecule has 0 aliphatic rings. The summed E-state index contributed by atoms with van der Waals surface area (Å²) in [6, 6.07) is 10.6. The highest BCUT2D eigenvalue weighted by atomic mass is 16.3. The SMILES string of the molecule is Nc1ccc(NC(=O)c2ccc(N)cc2C(=O)C(O)CO)cc1.O. The minimum atomic E-state index is -1.61. The Morgan fingerprint density at radius 1 is 1.00 bits per heavy atom. The Balaban J connectivity index is 0.00000288. The van der Waals surface area contributed by atoms with E-state index in [1.807, 2.05) is 0 Å². The molecule has 9 N–H and O–H groups in total. The van der Waals surface area contributed by atoms with E-state index < -0.39 is 24.4 Å². The van der Waals surface area contributed by atoms with Gasteiger partial charge >= 0.3 is 0 Å². The Hall–Kier alpha value is -2.94. The van der Waals surface area contributed by atoms with Crippen LogP contribution in [0.25, 0.3) is 0 Å². The molecular formula is C16H19N3O5. The summed E-state index contributed by atoms with van der Waals surface area (Å²) in [6.07, 6.45) is -1.61. The van der Waals surface area contributed by atoms with Gasteiger partial charge in [-0.2, -0.15) is 0 Å². The highest BCUT2D eigenvalue weighted by Gasteiger charge is 2.23. The summed E-state index contributed by atoms with van der Waals surface area (Å²) in [5.74, 6) is -1.31. The van der Waals surface area contributed by atoms with E-state index in [0.29, 0.717) is 11.4 Å². The van der Waals surface area contributed by atoms with Gasteiger partial charge in [0.1, 0.15) is 6.10 Å². The number of ketones is 1. The zero-order valence-corrected chi connectivity index (χ0v) is 12.7. The molecule has 2 aromatic carbocycles. The Morgan fingerprint density at radius 2 is 1.58 bits per heavy atom. The molecule has 128 valence electrons. The molecule has 0 aliphatic heterocycles. The molecule has 2 aromatic rings. The minimum absolute atomic E-state index is 0. The second-order valence-electron chi connectivity index (χ2n) is 4.94. The largest absolute Gasteiger partial charge is 0.412 e. The molecular weight excluding hydrogens is 314 g/mol. The second kappa shape index (κ2) is 8.06. The molecule has 0 saturated carbocycles. The van der Waals surface area contributed by atoms with Crippen LogP contribution in [0.2, 0.25) is 0 Å². The molecule has 24 heavy (non-hydrogen) atoms. The van der Waals surface area contributed by atoms with Gasteiger partial charge in [0.15, 0.2) is 5.78 Å². The lowest BCUT2D eigenvalue weighted by molar-refractivity contribution is 0.0585. The molecule has 8 nitrogen and oxygen atoms in total. The fourth-order valence-corrected chi connectivity index (χ4v) is 1.99. The van der Waals surface area contributed by atoms with Crippen molar-refractivity contribution in [2.75, 3.05) is 23.4 Å². The van der Waals surface area contributed by atoms with Gasteiger partial charge in [-0.1, -0.05) is 0 Å². The van der Waals surface area contributed by atoms with Crippen LogP contribution in [-0.4, -0.2) is 40.1 Å². The number of Topliss-reactive ketones (excluding diaryl/α,β-unsaturated/α-hetero) is 1. The lowest BCUT2D eigenvalue weighted by Crippen LogP contribution is -2.27. The molecule has 8 heteroatoms. The zero-order chi connectivity index (χ0) is 17.0. The molecule has 0 bridgehead atoms. The predicted molar refractivity (Wildman–Crippen MR) is 90.7 cm³/mol. The molecule has 2 rings (SSSR count). The molecule has 0 radical (unpaired) electrons. The van der Waals surface area contributed by atoms with Crippen LogP contribution in [0.1, 0.15) is 20.7 Å². The number of carbonyl (C=O) groups excluding carboxylic acids is 2. The maximum Gasteiger partial charge on any atom is 0.256 e. The molecule has 0 saturated heterocycles. The van der Waals surface area contributed by atoms with E-state index in [9.17, 15) is 14.7 Å². The van der Waals surface area contributed by atoms with Crippen molar-refractivity contribution in [3.63, 3.8) is 0 Å². The van der Waals surface area contributed by atoms with Gasteiger partial charge in [-0.25, -0.2) is 0 Å². The quantitative estimate of drug-likeness (QED) is 0.375. The molecule has 0 aliphatic carbocycles. The van der Waals surface area contributed by atoms with Crippen molar-refractivity contribution in [1.82, 2.24) is 0 Å². The summed E-state index contributed by atoms with van der Waals surface area (Å²) >= 11 is 0. The van der Waals surface area contributed by atoms with Crippen molar-refractivity contribution in [2.24, 2.45) is 0 Å². The van der Waals surface area contributed by atoms with E-state index >= 15 is 0 Å². The van der Waals surface area contributed by atoms with E-state index in [4.69, 9.17) is 16.6 Å². The molecule has 0 spiro atoms. The zero-order valence-electron chi connectivity index (χ0n) is 12.7. The predicted octanol–water partition coefficient (Wildman–Crippen LogP) is -0.185. The van der Waals surface area contributed by atoms with Crippen LogP contribution in [0.4, 0.5) is 17.1 Å². The number of hydrogen-bond acceptors (Lipinski definition) is 6. The topological polar surface area (TPSA) is 170 Å². The van der Waals surface area contributed by atoms with Gasteiger partial charge in [-0.3, -0.25) is 9.59 Å². The highest BCUT2D eigenvalue weighted by Crippen LogP contribution is 2.18. The van der Waals surface area contributed by atoms with Crippen LogP contribution in [0, 0.1) is 0 Å². The normalized spacial score (nSPS) is 11.2. The Labute approximate surface area is 138 Å². The van der Waals surface area contributed by atoms with Crippen LogP contribution in [0.5, 0.6) is 0 Å². The van der Waals surface area contributed by atoms with E-state index in [1.165, 1.54) is 18.2 Å². The third-order valence-corrected chi connectivity index (χ3v) is 3.20. The Kier molecular flexibility index (Phi) is 6.42. The molecule has 1 atom stereocenters. The summed E-state index contributed by atoms with van der Waals surface area (Å²) in [6.45, 7) is -0.743. The third-order valence-electron chi connectivity index (χ3n) is 3.20. The van der Waals surface area contributed by atoms with Crippen LogP contribution in [0.3, 0.4) is 0 Å². The first-order valence-corrected chi connectivity index (χ1v) is 6.82. The maximum absolute atomic E-state index is 12.4. The summed E-state index contributed by atoms with van der Waals surface area (Å²) < 4.78 is 0. The second-order valence-corrected chi connectivity index (χ2v) is 4.94. The lowest BCUT2D eigenvalue weighted by Gasteiger charge is -2.12. The monoisotopic (exact) mass is 333 g/mol. The van der Waals surface area contributed by atoms with Crippen LogP contribution in [0.15, 0.2) is 42.5 Å². The summed E-state index contributed by atoms with van der Waals surface area (Å²) in [5.41, 5.74) is 12.5. The number of nitrogens with two attached hydrogens (primary N) is 2. The van der Waals surface area contributed by atoms with Gasteiger partial charge in [-0.05, 0) is 42.5 Å². The van der Waals surface area contributed by atoms with Gasteiger partial charge < -0.3 is 32.5 Å². The van der Waals surface area contributed by atoms with E-state index in [1.54, 1.807) is 24.3 Å². The average Bonchev–Trinajstić information content (AvgIpc) is 2.55. The van der Waals surface area contributed by atoms with Gasteiger partial charge in [0.2, 0.25) is 0 Å². The van der Waals surface area contributed by atoms with Gasteiger partial charge in [0.25, 0.3) is 5.91 Å². The van der Waals surface area contributed by atoms with Crippen molar-refractivity contribution >= 4 is 28.8 Å². The number of nitrogen functional groups attached to an aromatic ring is 2. The molecule has 0 heterocycles. The van der Waals surface area contributed by atoms with Crippen molar-refractivity contribution < 1.29 is 25.3 Å². The molecule has 0 aromatic heterocycles. The first-order valence-electron chi connectivity index (χ1n) is 6.82. The van der Waals surface area contributed by atoms with Gasteiger partial charge in [-0.15, -0.1) is 0 Å². The maximum atomic E-state index is 12.4. The first kappa shape index (κ1) is 19.1. The number of rotatable bonds is 5. The number of nitrogens with one attached hydrogen (secondary N) is 1. The number of carbonyl (C=O) groups is 2. The summed E-state index contributed by atoms with van der Waals surface area (Å²) in [7, 11) is 0. The number of amides is 1. The van der Waals surface area contributed by atoms with Crippen LogP contribution >= 0.6 is 0 Å². The van der Waals surface area contributed by atoms with Crippen LogP contribution < -0.4 is 16.8 Å². The van der Waals surface area contributed by atoms with Crippen LogP contribution in [-0.2, 0) is 0 Å². The number of benzene rings is 2. The summed E-state index contributed by atoms with van der Waals surface area (Å²) in [4.78, 5) is 24.5. The van der Waals surface area contributed by atoms with E-state index in [-0.39, 0.29) is 22.3 Å². The number of aliphatic hydroxyl groups is 2. The van der Waals surface area contributed by atoms with E-state index in [0.717, 1.165) is 0 Å². The fourth-order valence-electron chi connectivity index (χ4n) is 1.99. The third kappa shape index (κ3) is 4.29. The Bertz CT molecular complexity index is 731. The average molecular weight is 333 g/mol. The summed E-state index contributed by atoms with van der Waals surface area (Å²) in [5, 5.41) is 21.0. The molecule has 1 unspecified atom stereocenters.